The van der Waals surface area contributed by atoms with Crippen molar-refractivity contribution in [2.24, 2.45) is 0 Å². The number of carbonyl (C=O) groups is 1. The molecule has 1 N–H and O–H groups in total. The Balaban J connectivity index is 3.94. The highest BCUT2D eigenvalue weighted by Crippen LogP contribution is 2.10. The average molecular weight is 199 g/mol. The average Bonchev–Trinajstić information content (AvgIpc) is 2.00. The summed E-state index contributed by atoms with van der Waals surface area (Å²) in [6.07, 6.45) is 5.04. The fourth-order valence-electron chi connectivity index (χ4n) is 1.00. The van der Waals surface area contributed by atoms with Crippen molar-refractivity contribution in [2.45, 2.75) is 25.8 Å². The van der Waals surface area contributed by atoms with Crippen LogP contribution >= 0.6 is 0 Å². The molecule has 0 aromatic rings. The molecule has 3 heteroatoms. The minimum atomic E-state index is 0.0467. The van der Waals surface area contributed by atoms with Gasteiger partial charge >= 0.3 is 0 Å². The van der Waals surface area contributed by atoms with Crippen molar-refractivity contribution in [2.75, 3.05) is 27.7 Å². The van der Waals surface area contributed by atoms with E-state index in [1.165, 1.54) is 6.08 Å². The molecule has 0 aliphatic carbocycles. The Hall–Kier alpha value is -0.830. The minimum Gasteiger partial charge on any atom is -0.386 e. The predicted octanol–water partition coefficient (Wildman–Crippen LogP) is 1.16. The molecule has 14 heavy (non-hydrogen) atoms. The smallest absolute Gasteiger partial charge is 0.144 e. The molecular formula is C11H23N2O+. The van der Waals surface area contributed by atoms with Crippen LogP contribution in [0.5, 0.6) is 0 Å². The maximum atomic E-state index is 10.1. The molecule has 0 saturated carbocycles. The molecule has 0 radical (unpaired) electrons. The molecule has 0 rings (SSSR count). The molecule has 0 saturated heterocycles. The third-order valence-corrected chi connectivity index (χ3v) is 2.06. The monoisotopic (exact) mass is 199 g/mol. The molecule has 0 amide bonds. The van der Waals surface area contributed by atoms with Crippen LogP contribution in [0.3, 0.4) is 0 Å². The Morgan fingerprint density at radius 3 is 2.29 bits per heavy atom. The SMILES string of the molecule is CC(C)(CC[N+](C)(C)C)NC=CC=O. The highest BCUT2D eigenvalue weighted by molar-refractivity contribution is 5.64. The zero-order valence-electron chi connectivity index (χ0n) is 10.0. The van der Waals surface area contributed by atoms with E-state index in [0.717, 1.165) is 23.7 Å². The van der Waals surface area contributed by atoms with E-state index in [1.54, 1.807) is 6.20 Å². The Morgan fingerprint density at radius 2 is 1.86 bits per heavy atom. The lowest BCUT2D eigenvalue weighted by molar-refractivity contribution is -0.870. The van der Waals surface area contributed by atoms with Gasteiger partial charge in [-0.05, 0) is 19.9 Å². The van der Waals surface area contributed by atoms with Crippen molar-refractivity contribution in [1.29, 1.82) is 0 Å². The first kappa shape index (κ1) is 13.2. The van der Waals surface area contributed by atoms with Crippen molar-refractivity contribution in [3.8, 4) is 0 Å². The summed E-state index contributed by atoms with van der Waals surface area (Å²) in [5, 5.41) is 3.21. The van der Waals surface area contributed by atoms with Crippen LogP contribution in [-0.2, 0) is 4.79 Å². The van der Waals surface area contributed by atoms with Gasteiger partial charge in [-0.25, -0.2) is 0 Å². The maximum Gasteiger partial charge on any atom is 0.144 e. The summed E-state index contributed by atoms with van der Waals surface area (Å²) >= 11 is 0. The lowest BCUT2D eigenvalue weighted by Gasteiger charge is -2.31. The largest absolute Gasteiger partial charge is 0.386 e. The van der Waals surface area contributed by atoms with Crippen LogP contribution in [0.15, 0.2) is 12.3 Å². The standard InChI is InChI=1S/C11H22N2O/c1-11(2,12-8-6-10-14)7-9-13(3,4)5/h6,8,10H,7,9H2,1-5H3/p+1. The van der Waals surface area contributed by atoms with E-state index >= 15 is 0 Å². The second-order valence-electron chi connectivity index (χ2n) is 5.29. The van der Waals surface area contributed by atoms with Crippen molar-refractivity contribution >= 4 is 6.29 Å². The normalized spacial score (nSPS) is 13.2. The van der Waals surface area contributed by atoms with Gasteiger partial charge in [0.05, 0.1) is 27.7 Å². The predicted molar refractivity (Wildman–Crippen MR) is 59.9 cm³/mol. The Bertz CT molecular complexity index is 202. The molecule has 0 aliphatic heterocycles. The molecule has 82 valence electrons. The number of nitrogens with zero attached hydrogens (tertiary/aromatic N) is 1. The molecule has 0 unspecified atom stereocenters. The second-order valence-corrected chi connectivity index (χ2v) is 5.29. The summed E-state index contributed by atoms with van der Waals surface area (Å²) in [6, 6.07) is 0. The van der Waals surface area contributed by atoms with Crippen LogP contribution in [0.4, 0.5) is 0 Å². The van der Waals surface area contributed by atoms with Crippen molar-refractivity contribution < 1.29 is 9.28 Å². The highest BCUT2D eigenvalue weighted by atomic mass is 16.1. The third-order valence-electron chi connectivity index (χ3n) is 2.06. The number of quaternary nitrogens is 1. The van der Waals surface area contributed by atoms with Crippen LogP contribution in [0.2, 0.25) is 0 Å². The van der Waals surface area contributed by atoms with E-state index in [1.807, 2.05) is 0 Å². The molecule has 3 nitrogen and oxygen atoms in total. The molecule has 0 heterocycles. The molecule has 0 fully saturated rings. The molecule has 0 bridgehead atoms. The van der Waals surface area contributed by atoms with Gasteiger partial charge in [-0.2, -0.15) is 0 Å². The summed E-state index contributed by atoms with van der Waals surface area (Å²) in [6.45, 7) is 5.38. The summed E-state index contributed by atoms with van der Waals surface area (Å²) in [7, 11) is 6.53. The van der Waals surface area contributed by atoms with Gasteiger partial charge in [0.2, 0.25) is 0 Å². The number of hydrogen-bond acceptors (Lipinski definition) is 2. The van der Waals surface area contributed by atoms with Gasteiger partial charge in [0, 0.05) is 18.2 Å². The van der Waals surface area contributed by atoms with E-state index < -0.39 is 0 Å². The summed E-state index contributed by atoms with van der Waals surface area (Å²) in [5.41, 5.74) is 0.0467. The van der Waals surface area contributed by atoms with Gasteiger partial charge in [-0.3, -0.25) is 4.79 Å². The number of nitrogens with one attached hydrogen (secondary N) is 1. The number of carbonyl (C=O) groups excluding carboxylic acids is 1. The van der Waals surface area contributed by atoms with E-state index in [2.05, 4.69) is 40.3 Å². The number of allylic oxidation sites excluding steroid dienone is 1. The Labute approximate surface area is 87.4 Å². The molecular weight excluding hydrogens is 176 g/mol. The number of aldehydes is 1. The van der Waals surface area contributed by atoms with Crippen LogP contribution in [-0.4, -0.2) is 44.0 Å². The highest BCUT2D eigenvalue weighted by Gasteiger charge is 2.19. The van der Waals surface area contributed by atoms with Crippen molar-refractivity contribution in [3.05, 3.63) is 12.3 Å². The molecule has 0 aromatic heterocycles. The Kier molecular flexibility index (Phi) is 4.85. The molecule has 0 aliphatic rings. The lowest BCUT2D eigenvalue weighted by Crippen LogP contribution is -2.43. The van der Waals surface area contributed by atoms with E-state index in [9.17, 15) is 4.79 Å². The van der Waals surface area contributed by atoms with E-state index in [-0.39, 0.29) is 5.54 Å². The van der Waals surface area contributed by atoms with Crippen LogP contribution < -0.4 is 5.32 Å². The van der Waals surface area contributed by atoms with Gasteiger partial charge in [0.15, 0.2) is 0 Å². The van der Waals surface area contributed by atoms with Crippen LogP contribution in [0, 0.1) is 0 Å². The van der Waals surface area contributed by atoms with Gasteiger partial charge in [0.25, 0.3) is 0 Å². The molecule has 0 aromatic carbocycles. The first-order valence-corrected chi connectivity index (χ1v) is 4.95. The fourth-order valence-corrected chi connectivity index (χ4v) is 1.00. The van der Waals surface area contributed by atoms with Crippen LogP contribution in [0.1, 0.15) is 20.3 Å². The third kappa shape index (κ3) is 7.80. The first-order valence-electron chi connectivity index (χ1n) is 4.95. The zero-order chi connectivity index (χ0) is 11.2. The summed E-state index contributed by atoms with van der Waals surface area (Å²) in [5.74, 6) is 0. The summed E-state index contributed by atoms with van der Waals surface area (Å²) in [4.78, 5) is 10.1. The maximum absolute atomic E-state index is 10.1. The van der Waals surface area contributed by atoms with E-state index in [0.29, 0.717) is 0 Å². The first-order chi connectivity index (χ1) is 6.27. The van der Waals surface area contributed by atoms with Gasteiger partial charge < -0.3 is 9.80 Å². The van der Waals surface area contributed by atoms with Gasteiger partial charge in [0.1, 0.15) is 6.29 Å². The number of hydrogen-bond donors (Lipinski definition) is 1. The molecule has 0 atom stereocenters. The Morgan fingerprint density at radius 1 is 1.29 bits per heavy atom. The molecule has 0 spiro atoms. The topological polar surface area (TPSA) is 29.1 Å². The fraction of sp³-hybridized carbons (Fsp3) is 0.727. The van der Waals surface area contributed by atoms with E-state index in [4.69, 9.17) is 0 Å². The number of rotatable bonds is 6. The zero-order valence-corrected chi connectivity index (χ0v) is 10.0. The van der Waals surface area contributed by atoms with Crippen molar-refractivity contribution in [1.82, 2.24) is 5.32 Å². The van der Waals surface area contributed by atoms with Crippen LogP contribution in [0.25, 0.3) is 0 Å². The summed E-state index contributed by atoms with van der Waals surface area (Å²) < 4.78 is 0.961. The quantitative estimate of drug-likeness (QED) is 0.395. The van der Waals surface area contributed by atoms with Crippen molar-refractivity contribution in [3.63, 3.8) is 0 Å². The van der Waals surface area contributed by atoms with Gasteiger partial charge in [-0.1, -0.05) is 0 Å². The minimum absolute atomic E-state index is 0.0467. The lowest BCUT2D eigenvalue weighted by atomic mass is 10.0. The second kappa shape index (κ2) is 5.15. The van der Waals surface area contributed by atoms with Gasteiger partial charge in [-0.15, -0.1) is 0 Å².